The zero-order valence-corrected chi connectivity index (χ0v) is 12.9. The lowest BCUT2D eigenvalue weighted by atomic mass is 9.92. The highest BCUT2D eigenvalue weighted by Crippen LogP contribution is 2.24. The standard InChI is InChI=1S/C15H21NO4S/c1-15(18,13-5-3-2-4-6-13)8-9-16-14(17)12-7-10-21(19,20)11-12/h2-6,12,18H,7-11H2,1H3,(H,16,17)/t12-,15-/m0/s1. The second kappa shape index (κ2) is 6.15. The highest BCUT2D eigenvalue weighted by Gasteiger charge is 2.33. The van der Waals surface area contributed by atoms with Gasteiger partial charge in [0.2, 0.25) is 5.91 Å². The van der Waals surface area contributed by atoms with Crippen molar-refractivity contribution in [3.05, 3.63) is 35.9 Å². The summed E-state index contributed by atoms with van der Waals surface area (Å²) in [7, 11) is -3.05. The van der Waals surface area contributed by atoms with Crippen LogP contribution in [-0.4, -0.2) is 37.5 Å². The number of carbonyl (C=O) groups is 1. The maximum Gasteiger partial charge on any atom is 0.224 e. The number of amides is 1. The van der Waals surface area contributed by atoms with E-state index in [9.17, 15) is 18.3 Å². The monoisotopic (exact) mass is 311 g/mol. The van der Waals surface area contributed by atoms with Crippen LogP contribution in [0.25, 0.3) is 0 Å². The van der Waals surface area contributed by atoms with Crippen LogP contribution in [0, 0.1) is 5.92 Å². The first kappa shape index (κ1) is 16.0. The minimum absolute atomic E-state index is 0.0616. The van der Waals surface area contributed by atoms with Gasteiger partial charge in [0, 0.05) is 6.54 Å². The number of aliphatic hydroxyl groups is 1. The normalized spacial score (nSPS) is 23.4. The Morgan fingerprint density at radius 3 is 2.62 bits per heavy atom. The molecule has 0 saturated carbocycles. The van der Waals surface area contributed by atoms with Gasteiger partial charge in [0.1, 0.15) is 0 Å². The van der Waals surface area contributed by atoms with Gasteiger partial charge in [-0.15, -0.1) is 0 Å². The minimum Gasteiger partial charge on any atom is -0.385 e. The molecule has 1 aromatic carbocycles. The van der Waals surface area contributed by atoms with Crippen molar-refractivity contribution >= 4 is 15.7 Å². The number of carbonyl (C=O) groups excluding carboxylic acids is 1. The van der Waals surface area contributed by atoms with Crippen molar-refractivity contribution in [2.24, 2.45) is 5.92 Å². The summed E-state index contributed by atoms with van der Waals surface area (Å²) in [6.07, 6.45) is 0.769. The van der Waals surface area contributed by atoms with Crippen molar-refractivity contribution < 1.29 is 18.3 Å². The van der Waals surface area contributed by atoms with Crippen molar-refractivity contribution in [3.63, 3.8) is 0 Å². The minimum atomic E-state index is -3.05. The highest BCUT2D eigenvalue weighted by molar-refractivity contribution is 7.91. The van der Waals surface area contributed by atoms with Crippen molar-refractivity contribution in [3.8, 4) is 0 Å². The van der Waals surface area contributed by atoms with Crippen LogP contribution in [0.4, 0.5) is 0 Å². The molecule has 1 saturated heterocycles. The van der Waals surface area contributed by atoms with Crippen LogP contribution in [0.1, 0.15) is 25.3 Å². The molecule has 0 aromatic heterocycles. The molecule has 0 bridgehead atoms. The highest BCUT2D eigenvalue weighted by atomic mass is 32.2. The van der Waals surface area contributed by atoms with Crippen LogP contribution >= 0.6 is 0 Å². The lowest BCUT2D eigenvalue weighted by Crippen LogP contribution is -2.35. The third-order valence-corrected chi connectivity index (χ3v) is 5.68. The Labute approximate surface area is 125 Å². The molecule has 2 N–H and O–H groups in total. The summed E-state index contributed by atoms with van der Waals surface area (Å²) in [5.41, 5.74) is -0.223. The summed E-state index contributed by atoms with van der Waals surface area (Å²) < 4.78 is 22.7. The molecule has 5 nitrogen and oxygen atoms in total. The van der Waals surface area contributed by atoms with Gasteiger partial charge in [-0.05, 0) is 25.3 Å². The summed E-state index contributed by atoms with van der Waals surface area (Å²) in [6, 6.07) is 9.26. The van der Waals surface area contributed by atoms with Crippen LogP contribution in [0.5, 0.6) is 0 Å². The molecule has 21 heavy (non-hydrogen) atoms. The van der Waals surface area contributed by atoms with Gasteiger partial charge >= 0.3 is 0 Å². The largest absolute Gasteiger partial charge is 0.385 e. The number of sulfone groups is 1. The zero-order chi connectivity index (χ0) is 15.5. The van der Waals surface area contributed by atoms with Gasteiger partial charge < -0.3 is 10.4 Å². The van der Waals surface area contributed by atoms with E-state index in [1.807, 2.05) is 30.3 Å². The molecule has 116 valence electrons. The molecule has 1 aliphatic rings. The van der Waals surface area contributed by atoms with Gasteiger partial charge in [-0.3, -0.25) is 4.79 Å². The van der Waals surface area contributed by atoms with E-state index in [0.717, 1.165) is 5.56 Å². The fraction of sp³-hybridized carbons (Fsp3) is 0.533. The molecule has 1 heterocycles. The molecule has 2 atom stereocenters. The first-order valence-electron chi connectivity index (χ1n) is 7.06. The Kier molecular flexibility index (Phi) is 4.68. The molecule has 0 radical (unpaired) electrons. The fourth-order valence-electron chi connectivity index (χ4n) is 2.52. The summed E-state index contributed by atoms with van der Waals surface area (Å²) in [5, 5.41) is 13.1. The van der Waals surface area contributed by atoms with E-state index in [2.05, 4.69) is 5.32 Å². The molecular weight excluding hydrogens is 290 g/mol. The van der Waals surface area contributed by atoms with E-state index in [1.165, 1.54) is 0 Å². The van der Waals surface area contributed by atoms with Gasteiger partial charge in [0.25, 0.3) is 0 Å². The maximum absolute atomic E-state index is 11.9. The second-order valence-corrected chi connectivity index (χ2v) is 8.01. The Morgan fingerprint density at radius 2 is 2.05 bits per heavy atom. The molecule has 2 rings (SSSR count). The zero-order valence-electron chi connectivity index (χ0n) is 12.1. The predicted molar refractivity (Wildman–Crippen MR) is 80.4 cm³/mol. The molecule has 1 aliphatic heterocycles. The van der Waals surface area contributed by atoms with Crippen LogP contribution in [-0.2, 0) is 20.2 Å². The average Bonchev–Trinajstić information content (AvgIpc) is 2.80. The smallest absolute Gasteiger partial charge is 0.224 e. The van der Waals surface area contributed by atoms with E-state index < -0.39 is 21.4 Å². The quantitative estimate of drug-likeness (QED) is 0.844. The maximum atomic E-state index is 11.9. The third-order valence-electron chi connectivity index (χ3n) is 3.91. The first-order valence-corrected chi connectivity index (χ1v) is 8.88. The Balaban J connectivity index is 1.83. The second-order valence-electron chi connectivity index (χ2n) is 5.78. The summed E-state index contributed by atoms with van der Waals surface area (Å²) in [6.45, 7) is 2.02. The van der Waals surface area contributed by atoms with Gasteiger partial charge in [0.05, 0.1) is 23.0 Å². The molecule has 6 heteroatoms. The molecule has 0 aliphatic carbocycles. The van der Waals surface area contributed by atoms with Crippen LogP contribution < -0.4 is 5.32 Å². The average molecular weight is 311 g/mol. The SMILES string of the molecule is C[C@](O)(CCNC(=O)[C@H]1CCS(=O)(=O)C1)c1ccccc1. The van der Waals surface area contributed by atoms with Crippen molar-refractivity contribution in [2.45, 2.75) is 25.4 Å². The van der Waals surface area contributed by atoms with E-state index in [4.69, 9.17) is 0 Å². The molecule has 1 aromatic rings. The lowest BCUT2D eigenvalue weighted by Gasteiger charge is -2.24. The van der Waals surface area contributed by atoms with E-state index in [0.29, 0.717) is 19.4 Å². The lowest BCUT2D eigenvalue weighted by molar-refractivity contribution is -0.124. The summed E-state index contributed by atoms with van der Waals surface area (Å²) in [4.78, 5) is 11.9. The van der Waals surface area contributed by atoms with Crippen molar-refractivity contribution in [1.82, 2.24) is 5.32 Å². The van der Waals surface area contributed by atoms with Gasteiger partial charge in [0.15, 0.2) is 9.84 Å². The van der Waals surface area contributed by atoms with Gasteiger partial charge in [-0.2, -0.15) is 0 Å². The van der Waals surface area contributed by atoms with Crippen molar-refractivity contribution in [1.29, 1.82) is 0 Å². The summed E-state index contributed by atoms with van der Waals surface area (Å²) >= 11 is 0. The first-order chi connectivity index (χ1) is 9.80. The van der Waals surface area contributed by atoms with Gasteiger partial charge in [-0.25, -0.2) is 8.42 Å². The van der Waals surface area contributed by atoms with Crippen LogP contribution in [0.15, 0.2) is 30.3 Å². The topological polar surface area (TPSA) is 83.5 Å². The third kappa shape index (κ3) is 4.28. The molecule has 1 fully saturated rings. The predicted octanol–water partition coefficient (Wildman–Crippen LogP) is 0.835. The summed E-state index contributed by atoms with van der Waals surface area (Å²) in [5.74, 6) is -0.655. The van der Waals surface area contributed by atoms with Gasteiger partial charge in [-0.1, -0.05) is 30.3 Å². The number of hydrogen-bond acceptors (Lipinski definition) is 4. The molecule has 0 unspecified atom stereocenters. The van der Waals surface area contributed by atoms with E-state index >= 15 is 0 Å². The number of hydrogen-bond donors (Lipinski definition) is 2. The van der Waals surface area contributed by atoms with Crippen LogP contribution in [0.2, 0.25) is 0 Å². The van der Waals surface area contributed by atoms with E-state index in [1.54, 1.807) is 6.92 Å². The molecule has 1 amide bonds. The Hall–Kier alpha value is -1.40. The number of rotatable bonds is 5. The van der Waals surface area contributed by atoms with E-state index in [-0.39, 0.29) is 17.4 Å². The number of benzene rings is 1. The molecule has 0 spiro atoms. The van der Waals surface area contributed by atoms with Crippen LogP contribution in [0.3, 0.4) is 0 Å². The molecular formula is C15H21NO4S. The Morgan fingerprint density at radius 1 is 1.38 bits per heavy atom. The number of nitrogens with one attached hydrogen (secondary N) is 1. The van der Waals surface area contributed by atoms with Crippen molar-refractivity contribution in [2.75, 3.05) is 18.1 Å². The Bertz CT molecular complexity index is 595. The fourth-order valence-corrected chi connectivity index (χ4v) is 4.26.